The number of nitrogens with one attached hydrogen (secondary N) is 2. The average Bonchev–Trinajstić information content (AvgIpc) is 3.07. The summed E-state index contributed by atoms with van der Waals surface area (Å²) in [6.07, 6.45) is 8.13. The fourth-order valence-electron chi connectivity index (χ4n) is 4.13. The summed E-state index contributed by atoms with van der Waals surface area (Å²) in [6.45, 7) is 3.56. The van der Waals surface area contributed by atoms with Crippen molar-refractivity contribution in [2.45, 2.75) is 64.0 Å². The van der Waals surface area contributed by atoms with Gasteiger partial charge in [-0.2, -0.15) is 0 Å². The van der Waals surface area contributed by atoms with Crippen LogP contribution in [0.3, 0.4) is 0 Å². The van der Waals surface area contributed by atoms with Crippen molar-refractivity contribution in [3.63, 3.8) is 0 Å². The number of carbonyl (C=O) groups excluding carboxylic acids is 1. The Bertz CT molecular complexity index is 389. The molecule has 2 unspecified atom stereocenters. The van der Waals surface area contributed by atoms with Crippen molar-refractivity contribution in [1.82, 2.24) is 10.6 Å². The summed E-state index contributed by atoms with van der Waals surface area (Å²) in [5.41, 5.74) is 0.150. The van der Waals surface area contributed by atoms with Crippen LogP contribution in [-0.2, 0) is 4.74 Å². The first-order valence-electron chi connectivity index (χ1n) is 8.41. The number of aliphatic hydroxyl groups excluding tert-OH is 1. The van der Waals surface area contributed by atoms with E-state index in [4.69, 9.17) is 4.74 Å². The van der Waals surface area contributed by atoms with Gasteiger partial charge in [-0.05, 0) is 39.0 Å². The van der Waals surface area contributed by atoms with Gasteiger partial charge in [-0.15, -0.1) is 0 Å². The van der Waals surface area contributed by atoms with E-state index < -0.39 is 0 Å². The quantitative estimate of drug-likeness (QED) is 0.700. The van der Waals surface area contributed by atoms with Crippen LogP contribution < -0.4 is 10.6 Å². The molecule has 0 bridgehead atoms. The molecule has 2 atom stereocenters. The number of hydrogen-bond acceptors (Lipinski definition) is 3. The zero-order chi connectivity index (χ0) is 14.9. The van der Waals surface area contributed by atoms with Gasteiger partial charge in [-0.1, -0.05) is 12.8 Å². The predicted molar refractivity (Wildman–Crippen MR) is 80.0 cm³/mol. The lowest BCUT2D eigenvalue weighted by atomic mass is 9.60. The van der Waals surface area contributed by atoms with Crippen molar-refractivity contribution in [2.75, 3.05) is 19.8 Å². The summed E-state index contributed by atoms with van der Waals surface area (Å²) in [6, 6.07) is 0.168. The molecule has 0 aliphatic heterocycles. The van der Waals surface area contributed by atoms with Gasteiger partial charge >= 0.3 is 6.03 Å². The van der Waals surface area contributed by atoms with Crippen molar-refractivity contribution in [2.24, 2.45) is 10.8 Å². The Labute approximate surface area is 126 Å². The van der Waals surface area contributed by atoms with Crippen molar-refractivity contribution in [3.8, 4) is 0 Å². The third kappa shape index (κ3) is 2.78. The topological polar surface area (TPSA) is 70.6 Å². The van der Waals surface area contributed by atoms with E-state index in [1.807, 2.05) is 6.92 Å². The van der Waals surface area contributed by atoms with Crippen LogP contribution >= 0.6 is 0 Å². The van der Waals surface area contributed by atoms with Crippen LogP contribution in [-0.4, -0.2) is 43.0 Å². The molecule has 5 heteroatoms. The number of rotatable bonds is 6. The molecule has 0 aromatic heterocycles. The molecule has 0 aromatic rings. The highest BCUT2D eigenvalue weighted by Crippen LogP contribution is 2.54. The van der Waals surface area contributed by atoms with E-state index in [-0.39, 0.29) is 29.5 Å². The maximum Gasteiger partial charge on any atom is 0.315 e. The molecule has 3 rings (SSSR count). The van der Waals surface area contributed by atoms with Gasteiger partial charge in [0.05, 0.1) is 12.7 Å². The first-order chi connectivity index (χ1) is 10.1. The molecule has 3 aliphatic rings. The fraction of sp³-hybridized carbons (Fsp3) is 0.938. The summed E-state index contributed by atoms with van der Waals surface area (Å²) in [5, 5.41) is 15.4. The Morgan fingerprint density at radius 1 is 1.29 bits per heavy atom. The van der Waals surface area contributed by atoms with Gasteiger partial charge in [0, 0.05) is 30.0 Å². The van der Waals surface area contributed by atoms with Crippen LogP contribution in [0.5, 0.6) is 0 Å². The van der Waals surface area contributed by atoms with Crippen LogP contribution in [0.25, 0.3) is 0 Å². The first-order valence-corrected chi connectivity index (χ1v) is 8.41. The molecule has 1 spiro atoms. The number of hydrogen-bond donors (Lipinski definition) is 3. The molecular formula is C16H28N2O3. The lowest BCUT2D eigenvalue weighted by Crippen LogP contribution is -2.65. The molecule has 3 fully saturated rings. The largest absolute Gasteiger partial charge is 0.396 e. The molecule has 3 aliphatic carbocycles. The summed E-state index contributed by atoms with van der Waals surface area (Å²) in [7, 11) is 0. The molecule has 0 heterocycles. The van der Waals surface area contributed by atoms with E-state index in [0.29, 0.717) is 12.6 Å². The zero-order valence-electron chi connectivity index (χ0n) is 13.0. The highest BCUT2D eigenvalue weighted by atomic mass is 16.5. The highest BCUT2D eigenvalue weighted by Gasteiger charge is 2.57. The molecule has 2 amide bonds. The summed E-state index contributed by atoms with van der Waals surface area (Å²) in [4.78, 5) is 12.1. The highest BCUT2D eigenvalue weighted by molar-refractivity contribution is 5.74. The fourth-order valence-corrected chi connectivity index (χ4v) is 4.13. The molecule has 3 N–H and O–H groups in total. The standard InChI is InChI=1S/C16H28N2O3/c1-2-21-13-9-12(16(13)5-3-4-6-16)18-14(20)17-10-15(11-19)7-8-15/h12-13,19H,2-11H2,1H3,(H2,17,18,20). The van der Waals surface area contributed by atoms with Gasteiger partial charge < -0.3 is 20.5 Å². The zero-order valence-corrected chi connectivity index (χ0v) is 13.0. The molecule has 21 heavy (non-hydrogen) atoms. The Morgan fingerprint density at radius 2 is 2.00 bits per heavy atom. The van der Waals surface area contributed by atoms with Crippen molar-refractivity contribution in [1.29, 1.82) is 0 Å². The van der Waals surface area contributed by atoms with Gasteiger partial charge in [0.2, 0.25) is 0 Å². The van der Waals surface area contributed by atoms with Crippen LogP contribution in [0.1, 0.15) is 51.9 Å². The molecule has 0 aromatic carbocycles. The lowest BCUT2D eigenvalue weighted by Gasteiger charge is -2.54. The Hall–Kier alpha value is -0.810. The minimum absolute atomic E-state index is 0.0319. The minimum atomic E-state index is -0.0825. The second-order valence-electron chi connectivity index (χ2n) is 7.16. The van der Waals surface area contributed by atoms with Crippen LogP contribution in [0, 0.1) is 10.8 Å². The maximum absolute atomic E-state index is 12.1. The van der Waals surface area contributed by atoms with Crippen LogP contribution in [0.15, 0.2) is 0 Å². The van der Waals surface area contributed by atoms with Crippen LogP contribution in [0.2, 0.25) is 0 Å². The molecular weight excluding hydrogens is 268 g/mol. The van der Waals surface area contributed by atoms with E-state index >= 15 is 0 Å². The third-order valence-electron chi connectivity index (χ3n) is 5.91. The van der Waals surface area contributed by atoms with Crippen molar-refractivity contribution in [3.05, 3.63) is 0 Å². The number of amides is 2. The monoisotopic (exact) mass is 296 g/mol. The molecule has 0 radical (unpaired) electrons. The SMILES string of the molecule is CCOC1CC(NC(=O)NCC2(CO)CC2)C12CCCC2. The molecule has 0 saturated heterocycles. The second kappa shape index (κ2) is 5.76. The van der Waals surface area contributed by atoms with E-state index in [2.05, 4.69) is 10.6 Å². The Kier molecular flexibility index (Phi) is 4.14. The van der Waals surface area contributed by atoms with E-state index in [0.717, 1.165) is 25.9 Å². The average molecular weight is 296 g/mol. The van der Waals surface area contributed by atoms with Crippen molar-refractivity contribution >= 4 is 6.03 Å². The summed E-state index contributed by atoms with van der Waals surface area (Å²) < 4.78 is 5.86. The normalized spacial score (nSPS) is 31.7. The van der Waals surface area contributed by atoms with E-state index in [1.54, 1.807) is 0 Å². The number of urea groups is 1. The molecule has 3 saturated carbocycles. The van der Waals surface area contributed by atoms with Gasteiger partial charge in [-0.3, -0.25) is 0 Å². The van der Waals surface area contributed by atoms with Crippen molar-refractivity contribution < 1.29 is 14.6 Å². The van der Waals surface area contributed by atoms with Gasteiger partial charge in [0.25, 0.3) is 0 Å². The summed E-state index contributed by atoms with van der Waals surface area (Å²) in [5.74, 6) is 0. The number of ether oxygens (including phenoxy) is 1. The molecule has 5 nitrogen and oxygen atoms in total. The second-order valence-corrected chi connectivity index (χ2v) is 7.16. The number of aliphatic hydroxyl groups is 1. The maximum atomic E-state index is 12.1. The Morgan fingerprint density at radius 3 is 2.57 bits per heavy atom. The smallest absolute Gasteiger partial charge is 0.315 e. The Balaban J connectivity index is 1.49. The first kappa shape index (κ1) is 15.1. The number of carbonyl (C=O) groups is 1. The summed E-state index contributed by atoms with van der Waals surface area (Å²) >= 11 is 0. The lowest BCUT2D eigenvalue weighted by molar-refractivity contribution is -0.126. The molecule has 120 valence electrons. The van der Waals surface area contributed by atoms with Gasteiger partial charge in [-0.25, -0.2) is 4.79 Å². The van der Waals surface area contributed by atoms with Gasteiger partial charge in [0.1, 0.15) is 0 Å². The van der Waals surface area contributed by atoms with E-state index in [1.165, 1.54) is 25.7 Å². The van der Waals surface area contributed by atoms with Gasteiger partial charge in [0.15, 0.2) is 0 Å². The predicted octanol–water partition coefficient (Wildman–Crippen LogP) is 1.80. The van der Waals surface area contributed by atoms with E-state index in [9.17, 15) is 9.90 Å². The van der Waals surface area contributed by atoms with Crippen LogP contribution in [0.4, 0.5) is 4.79 Å². The third-order valence-corrected chi connectivity index (χ3v) is 5.91. The minimum Gasteiger partial charge on any atom is -0.396 e.